The number of thioether (sulfide) groups is 1. The number of hydrogen-bond donors (Lipinski definition) is 2. The lowest BCUT2D eigenvalue weighted by molar-refractivity contribution is -0.113. The summed E-state index contributed by atoms with van der Waals surface area (Å²) in [5.74, 6) is 0.0124. The van der Waals surface area contributed by atoms with Crippen LogP contribution < -0.4 is 10.5 Å². The molecule has 27 heavy (non-hydrogen) atoms. The summed E-state index contributed by atoms with van der Waals surface area (Å²) >= 11 is 1.43. The van der Waals surface area contributed by atoms with Gasteiger partial charge in [0.25, 0.3) is 0 Å². The highest BCUT2D eigenvalue weighted by Gasteiger charge is 2.14. The van der Waals surface area contributed by atoms with Crippen molar-refractivity contribution in [3.63, 3.8) is 0 Å². The van der Waals surface area contributed by atoms with Crippen molar-refractivity contribution in [3.05, 3.63) is 65.7 Å². The van der Waals surface area contributed by atoms with Crippen LogP contribution >= 0.6 is 11.8 Å². The molecule has 3 aromatic carbocycles. The number of anilines is 1. The summed E-state index contributed by atoms with van der Waals surface area (Å²) in [5, 5.41) is 10.3. The summed E-state index contributed by atoms with van der Waals surface area (Å²) in [6, 6.07) is 17.0. The molecule has 0 aliphatic heterocycles. The van der Waals surface area contributed by atoms with Gasteiger partial charge in [0.05, 0.1) is 10.6 Å². The fraction of sp³-hybridized carbons (Fsp3) is 0.150. The van der Waals surface area contributed by atoms with Crippen LogP contribution in [0.2, 0.25) is 0 Å². The summed E-state index contributed by atoms with van der Waals surface area (Å²) in [6.07, 6.45) is 0. The summed E-state index contributed by atoms with van der Waals surface area (Å²) in [6.45, 7) is 3.61. The fourth-order valence-electron chi connectivity index (χ4n) is 2.71. The van der Waals surface area contributed by atoms with E-state index in [-0.39, 0.29) is 16.6 Å². The van der Waals surface area contributed by atoms with Crippen LogP contribution in [0, 0.1) is 13.8 Å². The Bertz CT molecular complexity index is 1130. The average molecular weight is 401 g/mol. The lowest BCUT2D eigenvalue weighted by atomic mass is 10.1. The first kappa shape index (κ1) is 19.4. The van der Waals surface area contributed by atoms with Gasteiger partial charge >= 0.3 is 0 Å². The van der Waals surface area contributed by atoms with Crippen LogP contribution in [0.25, 0.3) is 10.8 Å². The van der Waals surface area contributed by atoms with Crippen LogP contribution in [-0.2, 0) is 14.8 Å². The Morgan fingerprint density at radius 3 is 2.44 bits per heavy atom. The first-order chi connectivity index (χ1) is 12.7. The number of hydrogen-bond acceptors (Lipinski definition) is 4. The zero-order chi connectivity index (χ0) is 19.6. The maximum atomic E-state index is 12.4. The molecule has 5 nitrogen and oxygen atoms in total. The molecule has 7 heteroatoms. The van der Waals surface area contributed by atoms with Crippen molar-refractivity contribution in [2.75, 3.05) is 11.1 Å². The van der Waals surface area contributed by atoms with Gasteiger partial charge in [0.2, 0.25) is 15.9 Å². The normalized spacial score (nSPS) is 11.5. The van der Waals surface area contributed by atoms with E-state index in [1.165, 1.54) is 23.9 Å². The van der Waals surface area contributed by atoms with Crippen molar-refractivity contribution in [3.8, 4) is 0 Å². The maximum absolute atomic E-state index is 12.4. The second-order valence-electron chi connectivity index (χ2n) is 6.30. The van der Waals surface area contributed by atoms with Crippen molar-refractivity contribution < 1.29 is 13.2 Å². The maximum Gasteiger partial charge on any atom is 0.238 e. The number of benzene rings is 3. The second-order valence-corrected chi connectivity index (χ2v) is 8.91. The molecule has 0 fully saturated rings. The molecule has 0 saturated heterocycles. The van der Waals surface area contributed by atoms with E-state index in [0.29, 0.717) is 5.69 Å². The molecule has 0 spiro atoms. The number of nitrogens with one attached hydrogen (secondary N) is 1. The Labute approximate surface area is 163 Å². The third-order valence-electron chi connectivity index (χ3n) is 4.33. The summed E-state index contributed by atoms with van der Waals surface area (Å²) in [4.78, 5) is 13.3. The molecule has 0 bridgehead atoms. The molecule has 0 radical (unpaired) electrons. The van der Waals surface area contributed by atoms with Gasteiger partial charge in [0.15, 0.2) is 0 Å². The highest BCUT2D eigenvalue weighted by Crippen LogP contribution is 2.26. The van der Waals surface area contributed by atoms with E-state index < -0.39 is 10.0 Å². The molecule has 0 atom stereocenters. The zero-order valence-electron chi connectivity index (χ0n) is 15.0. The van der Waals surface area contributed by atoms with E-state index in [0.717, 1.165) is 26.8 Å². The number of fused-ring (bicyclic) bond motifs is 1. The first-order valence-electron chi connectivity index (χ1n) is 8.29. The Morgan fingerprint density at radius 2 is 1.74 bits per heavy atom. The molecule has 0 aliphatic rings. The Kier molecular flexibility index (Phi) is 5.55. The van der Waals surface area contributed by atoms with Crippen molar-refractivity contribution in [2.24, 2.45) is 5.14 Å². The van der Waals surface area contributed by atoms with Crippen LogP contribution in [0.5, 0.6) is 0 Å². The standard InChI is InChI=1S/C20H20N2O3S2/c1-13-9-18(27(21,24)25)11-19(14(13)2)22-20(23)12-26-17-8-7-15-5-3-4-6-16(15)10-17/h3-11H,12H2,1-2H3,(H,22,23)(H2,21,24,25). The number of amides is 1. The van der Waals surface area contributed by atoms with Crippen molar-refractivity contribution in [1.29, 1.82) is 0 Å². The quantitative estimate of drug-likeness (QED) is 0.637. The lowest BCUT2D eigenvalue weighted by Crippen LogP contribution is -2.17. The van der Waals surface area contributed by atoms with Gasteiger partial charge in [-0.15, -0.1) is 11.8 Å². The molecule has 1 amide bonds. The highest BCUT2D eigenvalue weighted by atomic mass is 32.2. The summed E-state index contributed by atoms with van der Waals surface area (Å²) < 4.78 is 23.2. The smallest absolute Gasteiger partial charge is 0.238 e. The van der Waals surface area contributed by atoms with Crippen LogP contribution in [0.1, 0.15) is 11.1 Å². The summed E-state index contributed by atoms with van der Waals surface area (Å²) in [7, 11) is -3.83. The van der Waals surface area contributed by atoms with E-state index in [1.807, 2.05) is 49.4 Å². The predicted molar refractivity (Wildman–Crippen MR) is 111 cm³/mol. The summed E-state index contributed by atoms with van der Waals surface area (Å²) in [5.41, 5.74) is 2.02. The molecule has 0 unspecified atom stereocenters. The number of primary sulfonamides is 1. The minimum Gasteiger partial charge on any atom is -0.325 e. The largest absolute Gasteiger partial charge is 0.325 e. The van der Waals surface area contributed by atoms with Crippen molar-refractivity contribution in [2.45, 2.75) is 23.6 Å². The third-order valence-corrected chi connectivity index (χ3v) is 6.22. The molecule has 140 valence electrons. The van der Waals surface area contributed by atoms with Gasteiger partial charge in [-0.3, -0.25) is 4.79 Å². The van der Waals surface area contributed by atoms with Crippen LogP contribution in [-0.4, -0.2) is 20.1 Å². The van der Waals surface area contributed by atoms with Crippen molar-refractivity contribution >= 4 is 44.2 Å². The van der Waals surface area contributed by atoms with E-state index in [9.17, 15) is 13.2 Å². The van der Waals surface area contributed by atoms with Gasteiger partial charge in [-0.25, -0.2) is 13.6 Å². The first-order valence-corrected chi connectivity index (χ1v) is 10.8. The Balaban J connectivity index is 1.73. The topological polar surface area (TPSA) is 89.3 Å². The van der Waals surface area contributed by atoms with Crippen molar-refractivity contribution in [1.82, 2.24) is 0 Å². The zero-order valence-corrected chi connectivity index (χ0v) is 16.7. The highest BCUT2D eigenvalue weighted by molar-refractivity contribution is 8.00. The number of aryl methyl sites for hydroxylation is 1. The Morgan fingerprint density at radius 1 is 1.04 bits per heavy atom. The van der Waals surface area contributed by atoms with Gasteiger partial charge in [0, 0.05) is 10.6 Å². The van der Waals surface area contributed by atoms with E-state index >= 15 is 0 Å². The molecule has 0 heterocycles. The number of rotatable bonds is 5. The fourth-order valence-corrected chi connectivity index (χ4v) is 4.08. The minimum absolute atomic E-state index is 0.0110. The molecule has 0 aliphatic carbocycles. The molecular formula is C20H20N2O3S2. The molecule has 0 aromatic heterocycles. The number of carbonyl (C=O) groups is 1. The number of nitrogens with two attached hydrogens (primary N) is 1. The minimum atomic E-state index is -3.83. The van der Waals surface area contributed by atoms with Crippen LogP contribution in [0.4, 0.5) is 5.69 Å². The van der Waals surface area contributed by atoms with E-state index in [2.05, 4.69) is 5.32 Å². The molecule has 0 saturated carbocycles. The molecule has 3 aromatic rings. The van der Waals surface area contributed by atoms with E-state index in [4.69, 9.17) is 5.14 Å². The molecule has 3 N–H and O–H groups in total. The van der Waals surface area contributed by atoms with Gasteiger partial charge in [-0.1, -0.05) is 30.3 Å². The molecular weight excluding hydrogens is 380 g/mol. The average Bonchev–Trinajstić information content (AvgIpc) is 2.62. The number of sulfonamides is 1. The van der Waals surface area contributed by atoms with Gasteiger partial charge < -0.3 is 5.32 Å². The van der Waals surface area contributed by atoms with Gasteiger partial charge in [-0.2, -0.15) is 0 Å². The van der Waals surface area contributed by atoms with E-state index in [1.54, 1.807) is 6.92 Å². The third kappa shape index (κ3) is 4.68. The van der Waals surface area contributed by atoms with Gasteiger partial charge in [0.1, 0.15) is 0 Å². The number of carbonyl (C=O) groups excluding carboxylic acids is 1. The SMILES string of the molecule is Cc1cc(S(N)(=O)=O)cc(NC(=O)CSc2ccc3ccccc3c2)c1C. The lowest BCUT2D eigenvalue weighted by Gasteiger charge is -2.13. The van der Waals surface area contributed by atoms with Crippen LogP contribution in [0.3, 0.4) is 0 Å². The molecule has 3 rings (SSSR count). The van der Waals surface area contributed by atoms with Crippen LogP contribution in [0.15, 0.2) is 64.4 Å². The predicted octanol–water partition coefficient (Wildman–Crippen LogP) is 3.83. The van der Waals surface area contributed by atoms with Gasteiger partial charge in [-0.05, 0) is 60.0 Å². The second kappa shape index (κ2) is 7.72. The Hall–Kier alpha value is -2.35. The monoisotopic (exact) mass is 400 g/mol.